The fourth-order valence-electron chi connectivity index (χ4n) is 5.23. The lowest BCUT2D eigenvalue weighted by atomic mass is 10.1. The van der Waals surface area contributed by atoms with Gasteiger partial charge in [-0.3, -0.25) is 14.0 Å². The Balaban J connectivity index is 1.29. The molecule has 0 N–H and O–H groups in total. The molecule has 1 saturated heterocycles. The van der Waals surface area contributed by atoms with Crippen LogP contribution in [0, 0.1) is 0 Å². The molecule has 5 aromatic rings. The first-order valence-corrected chi connectivity index (χ1v) is 12.2. The summed E-state index contributed by atoms with van der Waals surface area (Å²) in [6, 6.07) is 17.9. The molecule has 3 aromatic heterocycles. The second-order valence-electron chi connectivity index (χ2n) is 9.30. The van der Waals surface area contributed by atoms with Crippen molar-refractivity contribution in [3.8, 4) is 22.7 Å². The number of ether oxygens (including phenoxy) is 1. The molecule has 0 saturated carbocycles. The van der Waals surface area contributed by atoms with Crippen molar-refractivity contribution >= 4 is 21.8 Å². The lowest BCUT2D eigenvalue weighted by Crippen LogP contribution is -2.24. The van der Waals surface area contributed by atoms with Crippen molar-refractivity contribution in [2.24, 2.45) is 7.05 Å². The van der Waals surface area contributed by atoms with Gasteiger partial charge in [0.1, 0.15) is 5.75 Å². The summed E-state index contributed by atoms with van der Waals surface area (Å²) in [6.45, 7) is 4.29. The Kier molecular flexibility index (Phi) is 5.41. The van der Waals surface area contributed by atoms with Crippen LogP contribution >= 0.6 is 0 Å². The first kappa shape index (κ1) is 21.7. The molecule has 1 aliphatic heterocycles. The number of likely N-dealkylation sites (tertiary alicyclic amines) is 1. The smallest absolute Gasteiger partial charge is 0.255 e. The van der Waals surface area contributed by atoms with Gasteiger partial charge in [0.2, 0.25) is 0 Å². The van der Waals surface area contributed by atoms with E-state index in [0.29, 0.717) is 0 Å². The molecule has 178 valence electrons. The van der Waals surface area contributed by atoms with E-state index in [-0.39, 0.29) is 5.56 Å². The van der Waals surface area contributed by atoms with Crippen molar-refractivity contribution in [3.63, 3.8) is 0 Å². The van der Waals surface area contributed by atoms with E-state index in [4.69, 9.17) is 4.74 Å². The van der Waals surface area contributed by atoms with Gasteiger partial charge in [0.05, 0.1) is 25.4 Å². The molecular formula is C28H29N5O2. The summed E-state index contributed by atoms with van der Waals surface area (Å²) in [7, 11) is 3.69. The van der Waals surface area contributed by atoms with E-state index in [2.05, 4.69) is 31.4 Å². The molecule has 7 nitrogen and oxygen atoms in total. The molecule has 6 rings (SSSR count). The first-order valence-electron chi connectivity index (χ1n) is 12.2. The van der Waals surface area contributed by atoms with Gasteiger partial charge in [-0.1, -0.05) is 0 Å². The van der Waals surface area contributed by atoms with Crippen LogP contribution < -0.4 is 10.3 Å². The minimum atomic E-state index is -0.0638. The van der Waals surface area contributed by atoms with Crippen LogP contribution in [-0.4, -0.2) is 50.6 Å². The summed E-state index contributed by atoms with van der Waals surface area (Å²) >= 11 is 0. The van der Waals surface area contributed by atoms with E-state index >= 15 is 0 Å². The highest BCUT2D eigenvalue weighted by Crippen LogP contribution is 2.29. The van der Waals surface area contributed by atoms with Gasteiger partial charge in [0, 0.05) is 59.1 Å². The van der Waals surface area contributed by atoms with Crippen LogP contribution in [0.5, 0.6) is 5.75 Å². The second kappa shape index (κ2) is 8.74. The molecule has 1 aliphatic rings. The third-order valence-corrected chi connectivity index (χ3v) is 7.20. The monoisotopic (exact) mass is 467 g/mol. The molecule has 4 heterocycles. The molecule has 0 spiro atoms. The molecule has 1 fully saturated rings. The fraction of sp³-hybridized carbons (Fsp3) is 0.286. The highest BCUT2D eigenvalue weighted by Gasteiger charge is 2.13. The number of benzene rings is 2. The molecule has 0 bridgehead atoms. The molecule has 35 heavy (non-hydrogen) atoms. The number of pyridine rings is 1. The van der Waals surface area contributed by atoms with Gasteiger partial charge < -0.3 is 14.2 Å². The van der Waals surface area contributed by atoms with Crippen molar-refractivity contribution in [1.29, 1.82) is 0 Å². The maximum atomic E-state index is 13.1. The number of methoxy groups -OCH3 is 1. The van der Waals surface area contributed by atoms with E-state index in [1.807, 2.05) is 55.8 Å². The Morgan fingerprint density at radius 2 is 1.74 bits per heavy atom. The van der Waals surface area contributed by atoms with Crippen molar-refractivity contribution in [2.45, 2.75) is 19.4 Å². The maximum Gasteiger partial charge on any atom is 0.255 e. The number of hydrogen-bond acceptors (Lipinski definition) is 4. The number of fused-ring (bicyclic) bond motifs is 2. The van der Waals surface area contributed by atoms with E-state index in [1.54, 1.807) is 17.7 Å². The average Bonchev–Trinajstić information content (AvgIpc) is 3.61. The Hall–Kier alpha value is -3.84. The van der Waals surface area contributed by atoms with Gasteiger partial charge in [-0.05, 0) is 74.5 Å². The van der Waals surface area contributed by atoms with Crippen molar-refractivity contribution in [2.75, 3.05) is 26.7 Å². The second-order valence-corrected chi connectivity index (χ2v) is 9.30. The van der Waals surface area contributed by atoms with Crippen molar-refractivity contribution in [3.05, 3.63) is 77.3 Å². The molecule has 0 amide bonds. The lowest BCUT2D eigenvalue weighted by molar-refractivity contribution is 0.318. The largest absolute Gasteiger partial charge is 0.497 e. The van der Waals surface area contributed by atoms with Crippen LogP contribution in [0.2, 0.25) is 0 Å². The molecule has 7 heteroatoms. The summed E-state index contributed by atoms with van der Waals surface area (Å²) in [5.41, 5.74) is 4.86. The maximum absolute atomic E-state index is 13.1. The Morgan fingerprint density at radius 1 is 0.914 bits per heavy atom. The third-order valence-electron chi connectivity index (χ3n) is 7.20. The molecule has 0 aliphatic carbocycles. The molecule has 0 atom stereocenters. The van der Waals surface area contributed by atoms with E-state index in [0.717, 1.165) is 57.6 Å². The van der Waals surface area contributed by atoms with Crippen molar-refractivity contribution < 1.29 is 4.74 Å². The molecule has 0 unspecified atom stereocenters. The third kappa shape index (κ3) is 3.91. The van der Waals surface area contributed by atoms with Gasteiger partial charge in [-0.2, -0.15) is 5.10 Å². The zero-order chi connectivity index (χ0) is 23.9. The van der Waals surface area contributed by atoms with E-state index < -0.39 is 0 Å². The Morgan fingerprint density at radius 3 is 2.54 bits per heavy atom. The zero-order valence-electron chi connectivity index (χ0n) is 20.1. The van der Waals surface area contributed by atoms with Crippen LogP contribution in [0.4, 0.5) is 0 Å². The number of nitrogens with zero attached hydrogens (tertiary/aromatic N) is 5. The van der Waals surface area contributed by atoms with Crippen LogP contribution in [0.25, 0.3) is 38.8 Å². The van der Waals surface area contributed by atoms with Crippen LogP contribution in [0.15, 0.2) is 71.8 Å². The summed E-state index contributed by atoms with van der Waals surface area (Å²) in [6.07, 6.45) is 6.35. The predicted octanol–water partition coefficient (Wildman–Crippen LogP) is 4.45. The van der Waals surface area contributed by atoms with E-state index in [1.165, 1.54) is 25.9 Å². The number of aromatic nitrogens is 4. The topological polar surface area (TPSA) is 57.2 Å². The zero-order valence-corrected chi connectivity index (χ0v) is 20.1. The summed E-state index contributed by atoms with van der Waals surface area (Å²) in [5, 5.41) is 6.73. The van der Waals surface area contributed by atoms with Crippen LogP contribution in [0.1, 0.15) is 12.8 Å². The predicted molar refractivity (Wildman–Crippen MR) is 139 cm³/mol. The molecule has 2 aromatic carbocycles. The van der Waals surface area contributed by atoms with Crippen LogP contribution in [0.3, 0.4) is 0 Å². The summed E-state index contributed by atoms with van der Waals surface area (Å²) < 4.78 is 11.2. The van der Waals surface area contributed by atoms with E-state index in [9.17, 15) is 4.79 Å². The average molecular weight is 468 g/mol. The lowest BCUT2D eigenvalue weighted by Gasteiger charge is -2.14. The van der Waals surface area contributed by atoms with Gasteiger partial charge in [-0.15, -0.1) is 0 Å². The standard InChI is InChI=1S/C28H29N5O2/c1-30-25-8-6-24(35-2)16-21(25)17-27(30)20-9-12-32(28(34)18-20)23-5-7-26-22(15-23)19-29-33(26)14-13-31-10-3-4-11-31/h5-9,12,15-19H,3-4,10-11,13-14H2,1-2H3. The number of aryl methyl sites for hydroxylation is 1. The number of rotatable bonds is 6. The minimum Gasteiger partial charge on any atom is -0.497 e. The number of hydrogen-bond donors (Lipinski definition) is 0. The normalized spacial score (nSPS) is 14.3. The highest BCUT2D eigenvalue weighted by molar-refractivity contribution is 5.88. The molecular weight excluding hydrogens is 438 g/mol. The summed E-state index contributed by atoms with van der Waals surface area (Å²) in [4.78, 5) is 15.6. The van der Waals surface area contributed by atoms with Gasteiger partial charge in [0.25, 0.3) is 5.56 Å². The van der Waals surface area contributed by atoms with Gasteiger partial charge >= 0.3 is 0 Å². The van der Waals surface area contributed by atoms with Crippen LogP contribution in [-0.2, 0) is 13.6 Å². The van der Waals surface area contributed by atoms with Gasteiger partial charge in [0.15, 0.2) is 0 Å². The molecule has 0 radical (unpaired) electrons. The highest BCUT2D eigenvalue weighted by atomic mass is 16.5. The fourth-order valence-corrected chi connectivity index (χ4v) is 5.23. The Bertz CT molecular complexity index is 1590. The Labute approximate surface area is 203 Å². The quantitative estimate of drug-likeness (QED) is 0.370. The minimum absolute atomic E-state index is 0.0638. The first-order chi connectivity index (χ1) is 17.1. The van der Waals surface area contributed by atoms with Crippen molar-refractivity contribution in [1.82, 2.24) is 23.8 Å². The SMILES string of the molecule is COc1ccc2c(c1)cc(-c1ccn(-c3ccc4c(cnn4CCN4CCCC4)c3)c(=O)c1)n2C. The van der Waals surface area contributed by atoms with Gasteiger partial charge in [-0.25, -0.2) is 0 Å². The summed E-state index contributed by atoms with van der Waals surface area (Å²) in [5.74, 6) is 0.819.